The molecular weight excluding hydrogens is 358 g/mol. The van der Waals surface area contributed by atoms with Gasteiger partial charge in [0.15, 0.2) is 0 Å². The Morgan fingerprint density at radius 3 is 2.11 bits per heavy atom. The fourth-order valence-electron chi connectivity index (χ4n) is 3.35. The molecule has 0 unspecified atom stereocenters. The van der Waals surface area contributed by atoms with Gasteiger partial charge in [0.1, 0.15) is 12.2 Å². The molecule has 6 nitrogen and oxygen atoms in total. The van der Waals surface area contributed by atoms with Crippen LogP contribution in [0.2, 0.25) is 0 Å². The molecule has 0 aromatic heterocycles. The lowest BCUT2D eigenvalue weighted by atomic mass is 10.0. The molecule has 1 aliphatic heterocycles. The van der Waals surface area contributed by atoms with Crippen LogP contribution in [0.1, 0.15) is 87.9 Å². The normalized spacial score (nSPS) is 16.5. The Labute approximate surface area is 167 Å². The summed E-state index contributed by atoms with van der Waals surface area (Å²) in [4.78, 5) is 22.5. The average Bonchev–Trinajstić information content (AvgIpc) is 3.53. The average molecular weight is 392 g/mol. The summed E-state index contributed by atoms with van der Waals surface area (Å²) in [5, 5.41) is 10.7. The van der Waals surface area contributed by atoms with Gasteiger partial charge in [-0.05, 0) is 25.0 Å². The minimum atomic E-state index is -0.485. The zero-order valence-corrected chi connectivity index (χ0v) is 16.9. The highest BCUT2D eigenvalue weighted by molar-refractivity contribution is 5.89. The number of esters is 1. The predicted molar refractivity (Wildman–Crippen MR) is 109 cm³/mol. The number of unbranched alkanes of at least 4 members (excludes halogenated alkanes) is 9. The van der Waals surface area contributed by atoms with E-state index in [4.69, 9.17) is 9.47 Å². The van der Waals surface area contributed by atoms with Crippen molar-refractivity contribution < 1.29 is 19.2 Å². The number of nitrogens with zero attached hydrogens (tertiary/aromatic N) is 1. The SMILES string of the molecule is CCCCCCCCCCCC[C@@H](OC(=O)c1ccc([N+](=O)[O-])cc1)[C@H]1CO1. The van der Waals surface area contributed by atoms with Gasteiger partial charge in [-0.2, -0.15) is 0 Å². The van der Waals surface area contributed by atoms with E-state index in [2.05, 4.69) is 6.92 Å². The number of carbonyl (C=O) groups excluding carboxylic acids is 1. The molecule has 0 saturated carbocycles. The van der Waals surface area contributed by atoms with Crippen LogP contribution < -0.4 is 0 Å². The molecule has 1 aliphatic rings. The van der Waals surface area contributed by atoms with Crippen LogP contribution in [0.3, 0.4) is 0 Å². The van der Waals surface area contributed by atoms with Crippen molar-refractivity contribution in [2.24, 2.45) is 0 Å². The predicted octanol–water partition coefficient (Wildman–Crippen LogP) is 5.83. The van der Waals surface area contributed by atoms with E-state index in [-0.39, 0.29) is 17.9 Å². The van der Waals surface area contributed by atoms with Gasteiger partial charge in [0.25, 0.3) is 5.69 Å². The molecule has 1 heterocycles. The molecule has 1 aromatic rings. The summed E-state index contributed by atoms with van der Waals surface area (Å²) in [5.41, 5.74) is 0.295. The van der Waals surface area contributed by atoms with Crippen LogP contribution in [0.4, 0.5) is 5.69 Å². The van der Waals surface area contributed by atoms with E-state index in [1.54, 1.807) is 0 Å². The van der Waals surface area contributed by atoms with Crippen molar-refractivity contribution >= 4 is 11.7 Å². The van der Waals surface area contributed by atoms with Crippen LogP contribution in [0, 0.1) is 10.1 Å². The largest absolute Gasteiger partial charge is 0.456 e. The van der Waals surface area contributed by atoms with E-state index < -0.39 is 10.9 Å². The quantitative estimate of drug-likeness (QED) is 0.123. The number of nitro groups is 1. The molecule has 28 heavy (non-hydrogen) atoms. The Morgan fingerprint density at radius 2 is 1.61 bits per heavy atom. The van der Waals surface area contributed by atoms with E-state index in [9.17, 15) is 14.9 Å². The molecule has 6 heteroatoms. The fraction of sp³-hybridized carbons (Fsp3) is 0.682. The van der Waals surface area contributed by atoms with Crippen LogP contribution >= 0.6 is 0 Å². The smallest absolute Gasteiger partial charge is 0.338 e. The van der Waals surface area contributed by atoms with Crippen molar-refractivity contribution in [1.82, 2.24) is 0 Å². The molecule has 156 valence electrons. The lowest BCUT2D eigenvalue weighted by Crippen LogP contribution is -2.24. The molecule has 2 atom stereocenters. The maximum atomic E-state index is 12.3. The monoisotopic (exact) mass is 391 g/mol. The van der Waals surface area contributed by atoms with Crippen molar-refractivity contribution in [3.63, 3.8) is 0 Å². The third-order valence-electron chi connectivity index (χ3n) is 5.19. The first kappa shape index (κ1) is 22.3. The molecule has 0 spiro atoms. The number of nitro benzene ring substituents is 1. The standard InChI is InChI=1S/C22H33NO5/c1-2-3-4-5-6-7-8-9-10-11-12-20(21-17-27-21)28-22(24)18-13-15-19(16-14-18)23(25)26/h13-16,20-21H,2-12,17H2,1H3/t20-,21-/m1/s1. The molecule has 1 aromatic carbocycles. The summed E-state index contributed by atoms with van der Waals surface area (Å²) < 4.78 is 10.9. The van der Waals surface area contributed by atoms with E-state index in [1.165, 1.54) is 75.6 Å². The summed E-state index contributed by atoms with van der Waals surface area (Å²) in [6.07, 6.45) is 13.3. The number of epoxide rings is 1. The molecule has 2 rings (SSSR count). The lowest BCUT2D eigenvalue weighted by molar-refractivity contribution is -0.384. The third-order valence-corrected chi connectivity index (χ3v) is 5.19. The molecule has 0 bridgehead atoms. The van der Waals surface area contributed by atoms with Crippen molar-refractivity contribution in [3.05, 3.63) is 39.9 Å². The van der Waals surface area contributed by atoms with Crippen LogP contribution in [-0.4, -0.2) is 29.7 Å². The maximum absolute atomic E-state index is 12.3. The second kappa shape index (κ2) is 12.5. The van der Waals surface area contributed by atoms with Gasteiger partial charge in [0.2, 0.25) is 0 Å². The van der Waals surface area contributed by atoms with E-state index in [0.717, 1.165) is 19.3 Å². The molecule has 0 radical (unpaired) electrons. The van der Waals surface area contributed by atoms with E-state index in [0.29, 0.717) is 12.2 Å². The minimum absolute atomic E-state index is 0.000522. The highest BCUT2D eigenvalue weighted by atomic mass is 16.6. The Balaban J connectivity index is 1.62. The van der Waals surface area contributed by atoms with Gasteiger partial charge in [-0.1, -0.05) is 64.7 Å². The Hall–Kier alpha value is -1.95. The second-order valence-electron chi connectivity index (χ2n) is 7.59. The summed E-state index contributed by atoms with van der Waals surface area (Å²) in [5.74, 6) is -0.442. The van der Waals surface area contributed by atoms with Crippen LogP contribution in [-0.2, 0) is 9.47 Å². The number of carbonyl (C=O) groups is 1. The van der Waals surface area contributed by atoms with Crippen molar-refractivity contribution in [1.29, 1.82) is 0 Å². The van der Waals surface area contributed by atoms with E-state index >= 15 is 0 Å². The Morgan fingerprint density at radius 1 is 1.07 bits per heavy atom. The Bertz CT molecular complexity index is 597. The fourth-order valence-corrected chi connectivity index (χ4v) is 3.35. The minimum Gasteiger partial charge on any atom is -0.456 e. The molecule has 0 amide bonds. The summed E-state index contributed by atoms with van der Waals surface area (Å²) in [6, 6.07) is 5.51. The number of hydrogen-bond acceptors (Lipinski definition) is 5. The van der Waals surface area contributed by atoms with Crippen molar-refractivity contribution in [2.75, 3.05) is 6.61 Å². The van der Waals surface area contributed by atoms with Gasteiger partial charge in [0, 0.05) is 12.1 Å². The first-order valence-electron chi connectivity index (χ1n) is 10.7. The summed E-state index contributed by atoms with van der Waals surface area (Å²) in [6.45, 7) is 2.87. The third kappa shape index (κ3) is 8.38. The molecule has 1 fully saturated rings. The van der Waals surface area contributed by atoms with Crippen molar-refractivity contribution in [2.45, 2.75) is 89.8 Å². The first-order valence-corrected chi connectivity index (χ1v) is 10.7. The molecular formula is C22H33NO5. The van der Waals surface area contributed by atoms with Gasteiger partial charge in [-0.15, -0.1) is 0 Å². The zero-order valence-electron chi connectivity index (χ0n) is 16.9. The van der Waals surface area contributed by atoms with Crippen LogP contribution in [0.5, 0.6) is 0 Å². The number of ether oxygens (including phenoxy) is 2. The van der Waals surface area contributed by atoms with Gasteiger partial charge in [-0.25, -0.2) is 4.79 Å². The van der Waals surface area contributed by atoms with Gasteiger partial charge in [-0.3, -0.25) is 10.1 Å². The summed E-state index contributed by atoms with van der Waals surface area (Å²) in [7, 11) is 0. The molecule has 0 N–H and O–H groups in total. The Kier molecular flexibility index (Phi) is 9.97. The topological polar surface area (TPSA) is 82.0 Å². The van der Waals surface area contributed by atoms with Crippen LogP contribution in [0.25, 0.3) is 0 Å². The maximum Gasteiger partial charge on any atom is 0.338 e. The number of benzene rings is 1. The zero-order chi connectivity index (χ0) is 20.2. The first-order chi connectivity index (χ1) is 13.6. The van der Waals surface area contributed by atoms with Gasteiger partial charge in [0.05, 0.1) is 17.1 Å². The van der Waals surface area contributed by atoms with Crippen molar-refractivity contribution in [3.8, 4) is 0 Å². The highest BCUT2D eigenvalue weighted by Gasteiger charge is 2.35. The molecule has 1 saturated heterocycles. The van der Waals surface area contributed by atoms with Crippen LogP contribution in [0.15, 0.2) is 24.3 Å². The van der Waals surface area contributed by atoms with E-state index in [1.807, 2.05) is 0 Å². The summed E-state index contributed by atoms with van der Waals surface area (Å²) >= 11 is 0. The molecule has 0 aliphatic carbocycles. The lowest BCUT2D eigenvalue weighted by Gasteiger charge is -2.16. The highest BCUT2D eigenvalue weighted by Crippen LogP contribution is 2.24. The number of rotatable bonds is 15. The number of hydrogen-bond donors (Lipinski definition) is 0. The van der Waals surface area contributed by atoms with Gasteiger partial charge >= 0.3 is 5.97 Å². The number of non-ortho nitro benzene ring substituents is 1. The van der Waals surface area contributed by atoms with Gasteiger partial charge < -0.3 is 9.47 Å². The second-order valence-corrected chi connectivity index (χ2v) is 7.59.